The molecule has 2 amide bonds. The van der Waals surface area contributed by atoms with Gasteiger partial charge in [-0.2, -0.15) is 0 Å². The minimum atomic E-state index is -0.701. The second kappa shape index (κ2) is 6.74. The van der Waals surface area contributed by atoms with Gasteiger partial charge in [0, 0.05) is 6.54 Å². The van der Waals surface area contributed by atoms with Crippen molar-refractivity contribution in [1.29, 1.82) is 0 Å². The van der Waals surface area contributed by atoms with Crippen molar-refractivity contribution in [1.82, 2.24) is 4.90 Å². The van der Waals surface area contributed by atoms with Gasteiger partial charge in [0.1, 0.15) is 11.8 Å². The van der Waals surface area contributed by atoms with Crippen molar-refractivity contribution < 1.29 is 14.3 Å². The van der Waals surface area contributed by atoms with Gasteiger partial charge in [-0.25, -0.2) is 0 Å². The summed E-state index contributed by atoms with van der Waals surface area (Å²) >= 11 is 0. The predicted octanol–water partition coefficient (Wildman–Crippen LogP) is 1.85. The molecule has 2 N–H and O–H groups in total. The maximum atomic E-state index is 12.8. The third-order valence-corrected chi connectivity index (χ3v) is 4.36. The van der Waals surface area contributed by atoms with E-state index in [-0.39, 0.29) is 12.3 Å². The summed E-state index contributed by atoms with van der Waals surface area (Å²) in [6.07, 6.45) is 0.937. The lowest BCUT2D eigenvalue weighted by Crippen LogP contribution is -2.46. The van der Waals surface area contributed by atoms with Crippen molar-refractivity contribution in [2.24, 2.45) is 5.73 Å². The van der Waals surface area contributed by atoms with Crippen LogP contribution in [0.2, 0.25) is 0 Å². The van der Waals surface area contributed by atoms with Crippen LogP contribution in [0.5, 0.6) is 5.75 Å². The Bertz CT molecular complexity index is 773. The van der Waals surface area contributed by atoms with Gasteiger partial charge in [0.05, 0.1) is 13.5 Å². The Hall–Kier alpha value is -2.82. The zero-order valence-electron chi connectivity index (χ0n) is 13.6. The van der Waals surface area contributed by atoms with Gasteiger partial charge >= 0.3 is 0 Å². The normalized spacial score (nSPS) is 16.4. The molecule has 1 aliphatic rings. The zero-order chi connectivity index (χ0) is 17.1. The van der Waals surface area contributed by atoms with Crippen LogP contribution in [0.25, 0.3) is 0 Å². The van der Waals surface area contributed by atoms with E-state index in [9.17, 15) is 9.59 Å². The second-order valence-corrected chi connectivity index (χ2v) is 5.87. The Balaban J connectivity index is 1.85. The molecular formula is C19H20N2O3. The lowest BCUT2D eigenvalue weighted by atomic mass is 9.91. The molecular weight excluding hydrogens is 304 g/mol. The Morgan fingerprint density at radius 1 is 1.21 bits per heavy atom. The number of primary amides is 1. The summed E-state index contributed by atoms with van der Waals surface area (Å²) < 4.78 is 5.19. The highest BCUT2D eigenvalue weighted by Gasteiger charge is 2.34. The smallest absolute Gasteiger partial charge is 0.244 e. The van der Waals surface area contributed by atoms with Crippen LogP contribution in [0, 0.1) is 0 Å². The summed E-state index contributed by atoms with van der Waals surface area (Å²) in [5.74, 6) is 0.0958. The van der Waals surface area contributed by atoms with Crippen molar-refractivity contribution >= 4 is 11.8 Å². The molecule has 1 unspecified atom stereocenters. The third-order valence-electron chi connectivity index (χ3n) is 4.36. The highest BCUT2D eigenvalue weighted by molar-refractivity contribution is 5.89. The largest absolute Gasteiger partial charge is 0.497 e. The first-order chi connectivity index (χ1) is 11.6. The average Bonchev–Trinajstić information content (AvgIpc) is 2.60. The van der Waals surface area contributed by atoms with Crippen LogP contribution in [0.3, 0.4) is 0 Å². The number of nitrogens with zero attached hydrogens (tertiary/aromatic N) is 1. The quantitative estimate of drug-likeness (QED) is 0.933. The Kier molecular flexibility index (Phi) is 4.51. The van der Waals surface area contributed by atoms with Gasteiger partial charge in [-0.15, -0.1) is 0 Å². The van der Waals surface area contributed by atoms with Gasteiger partial charge in [-0.05, 0) is 35.2 Å². The molecule has 0 aromatic heterocycles. The number of methoxy groups -OCH3 is 1. The molecule has 124 valence electrons. The molecule has 0 aliphatic carbocycles. The summed E-state index contributed by atoms with van der Waals surface area (Å²) in [6.45, 7) is 0.493. The van der Waals surface area contributed by atoms with Crippen molar-refractivity contribution in [3.8, 4) is 5.75 Å². The molecule has 0 spiro atoms. The first-order valence-electron chi connectivity index (χ1n) is 7.89. The SMILES string of the molecule is COc1cccc(CC(=O)N2CCc3ccccc3C2C(N)=O)c1. The highest BCUT2D eigenvalue weighted by atomic mass is 16.5. The molecule has 24 heavy (non-hydrogen) atoms. The van der Waals surface area contributed by atoms with E-state index in [0.29, 0.717) is 12.3 Å². The van der Waals surface area contributed by atoms with Gasteiger partial charge in [0.25, 0.3) is 0 Å². The molecule has 5 heteroatoms. The van der Waals surface area contributed by atoms with Gasteiger partial charge in [0.2, 0.25) is 11.8 Å². The zero-order valence-corrected chi connectivity index (χ0v) is 13.6. The number of benzene rings is 2. The number of hydrogen-bond acceptors (Lipinski definition) is 3. The summed E-state index contributed by atoms with van der Waals surface area (Å²) in [4.78, 5) is 26.3. The number of hydrogen-bond donors (Lipinski definition) is 1. The molecule has 1 aliphatic heterocycles. The summed E-state index contributed by atoms with van der Waals surface area (Å²) in [6, 6.07) is 14.3. The first-order valence-corrected chi connectivity index (χ1v) is 7.89. The fraction of sp³-hybridized carbons (Fsp3) is 0.263. The van der Waals surface area contributed by atoms with Crippen molar-refractivity contribution in [3.63, 3.8) is 0 Å². The standard InChI is InChI=1S/C19H20N2O3/c1-24-15-7-4-5-13(11-15)12-17(22)21-10-9-14-6-2-3-8-16(14)18(21)19(20)23/h2-8,11,18H,9-10,12H2,1H3,(H2,20,23). The number of amides is 2. The van der Waals surface area contributed by atoms with E-state index < -0.39 is 11.9 Å². The Morgan fingerprint density at radius 3 is 2.75 bits per heavy atom. The van der Waals surface area contributed by atoms with Crippen LogP contribution >= 0.6 is 0 Å². The number of carbonyl (C=O) groups is 2. The predicted molar refractivity (Wildman–Crippen MR) is 90.5 cm³/mol. The molecule has 2 aromatic rings. The summed E-state index contributed by atoms with van der Waals surface area (Å²) in [5, 5.41) is 0. The van der Waals surface area contributed by atoms with E-state index in [1.54, 1.807) is 12.0 Å². The van der Waals surface area contributed by atoms with Crippen molar-refractivity contribution in [3.05, 3.63) is 65.2 Å². The number of fused-ring (bicyclic) bond motifs is 1. The molecule has 0 radical (unpaired) electrons. The van der Waals surface area contributed by atoms with E-state index in [1.165, 1.54) is 0 Å². The molecule has 3 rings (SSSR count). The van der Waals surface area contributed by atoms with E-state index in [1.807, 2.05) is 48.5 Å². The van der Waals surface area contributed by atoms with Gasteiger partial charge < -0.3 is 15.4 Å². The average molecular weight is 324 g/mol. The van der Waals surface area contributed by atoms with E-state index >= 15 is 0 Å². The molecule has 1 atom stereocenters. The van der Waals surface area contributed by atoms with Crippen LogP contribution in [0.15, 0.2) is 48.5 Å². The monoisotopic (exact) mass is 324 g/mol. The summed E-state index contributed by atoms with van der Waals surface area (Å²) in [5.41, 5.74) is 8.35. The van der Waals surface area contributed by atoms with E-state index in [4.69, 9.17) is 10.5 Å². The van der Waals surface area contributed by atoms with Crippen molar-refractivity contribution in [2.75, 3.05) is 13.7 Å². The molecule has 2 aromatic carbocycles. The minimum absolute atomic E-state index is 0.110. The molecule has 5 nitrogen and oxygen atoms in total. The molecule has 0 saturated carbocycles. The van der Waals surface area contributed by atoms with Crippen LogP contribution in [0.1, 0.15) is 22.7 Å². The van der Waals surface area contributed by atoms with Crippen molar-refractivity contribution in [2.45, 2.75) is 18.9 Å². The maximum Gasteiger partial charge on any atom is 0.244 e. The molecule has 1 heterocycles. The summed E-state index contributed by atoms with van der Waals surface area (Å²) in [7, 11) is 1.59. The molecule has 0 saturated heterocycles. The van der Waals surface area contributed by atoms with Crippen LogP contribution < -0.4 is 10.5 Å². The fourth-order valence-corrected chi connectivity index (χ4v) is 3.20. The number of nitrogens with two attached hydrogens (primary N) is 1. The number of rotatable bonds is 4. The first kappa shape index (κ1) is 16.1. The second-order valence-electron chi connectivity index (χ2n) is 5.87. The van der Waals surface area contributed by atoms with E-state index in [2.05, 4.69) is 0 Å². The number of carbonyl (C=O) groups excluding carboxylic acids is 2. The van der Waals surface area contributed by atoms with Crippen LogP contribution in [-0.2, 0) is 22.4 Å². The van der Waals surface area contributed by atoms with E-state index in [0.717, 1.165) is 23.1 Å². The Morgan fingerprint density at radius 2 is 2.00 bits per heavy atom. The van der Waals surface area contributed by atoms with Gasteiger partial charge in [-0.3, -0.25) is 9.59 Å². The molecule has 0 fully saturated rings. The topological polar surface area (TPSA) is 72.6 Å². The highest BCUT2D eigenvalue weighted by Crippen LogP contribution is 2.30. The fourth-order valence-electron chi connectivity index (χ4n) is 3.20. The van der Waals surface area contributed by atoms with Crippen LogP contribution in [0.4, 0.5) is 0 Å². The maximum absolute atomic E-state index is 12.8. The van der Waals surface area contributed by atoms with Crippen LogP contribution in [-0.4, -0.2) is 30.4 Å². The third kappa shape index (κ3) is 3.11. The minimum Gasteiger partial charge on any atom is -0.497 e. The Labute approximate surface area is 141 Å². The number of ether oxygens (including phenoxy) is 1. The molecule has 0 bridgehead atoms. The van der Waals surface area contributed by atoms with Gasteiger partial charge in [0.15, 0.2) is 0 Å². The lowest BCUT2D eigenvalue weighted by Gasteiger charge is -2.35. The lowest BCUT2D eigenvalue weighted by molar-refractivity contribution is -0.139. The van der Waals surface area contributed by atoms with Gasteiger partial charge in [-0.1, -0.05) is 36.4 Å².